The Hall–Kier alpha value is -2.00. The van der Waals surface area contributed by atoms with Crippen molar-refractivity contribution in [1.82, 2.24) is 0 Å². The maximum absolute atomic E-state index is 12.3. The van der Waals surface area contributed by atoms with Gasteiger partial charge in [-0.05, 0) is 60.1 Å². The first-order valence-corrected chi connectivity index (χ1v) is 9.91. The summed E-state index contributed by atoms with van der Waals surface area (Å²) in [7, 11) is 0. The summed E-state index contributed by atoms with van der Waals surface area (Å²) in [6.07, 6.45) is 5.89. The molecule has 0 bridgehead atoms. The lowest BCUT2D eigenvalue weighted by atomic mass is 9.85. The molecule has 1 amide bonds. The molecule has 0 aliphatic heterocycles. The second-order valence-electron chi connectivity index (χ2n) is 6.39. The maximum atomic E-state index is 12.3. The standard InChI is InChI=1S/C20H17ClN2OS2/c1-12-5-7-15-16(9-12)20(25)26-19(17(15)11-22)23-18(24)8-6-13-3-2-4-14(21)10-13/h2-4,6,8,10,12H,5,7,9H2,1H3,(H,23,24)/b8-6+. The van der Waals surface area contributed by atoms with E-state index in [1.807, 2.05) is 12.1 Å². The summed E-state index contributed by atoms with van der Waals surface area (Å²) < 4.78 is 0.764. The molecule has 2 aromatic rings. The van der Waals surface area contributed by atoms with Crippen LogP contribution in [-0.4, -0.2) is 5.91 Å². The lowest BCUT2D eigenvalue weighted by Crippen LogP contribution is -2.15. The quantitative estimate of drug-likeness (QED) is 0.524. The first-order valence-electron chi connectivity index (χ1n) is 8.31. The molecule has 3 rings (SSSR count). The molecule has 0 fully saturated rings. The summed E-state index contributed by atoms with van der Waals surface area (Å²) in [6.45, 7) is 2.20. The van der Waals surface area contributed by atoms with Gasteiger partial charge in [-0.1, -0.05) is 42.9 Å². The minimum Gasteiger partial charge on any atom is -0.313 e. The number of fused-ring (bicyclic) bond motifs is 1. The van der Waals surface area contributed by atoms with Crippen LogP contribution in [0.4, 0.5) is 5.00 Å². The zero-order valence-electron chi connectivity index (χ0n) is 14.2. The summed E-state index contributed by atoms with van der Waals surface area (Å²) in [4.78, 5) is 12.3. The molecule has 0 radical (unpaired) electrons. The van der Waals surface area contributed by atoms with E-state index in [2.05, 4.69) is 18.3 Å². The molecular weight excluding hydrogens is 384 g/mol. The van der Waals surface area contributed by atoms with E-state index in [0.717, 1.165) is 39.8 Å². The largest absolute Gasteiger partial charge is 0.313 e. The van der Waals surface area contributed by atoms with Gasteiger partial charge in [-0.15, -0.1) is 11.3 Å². The van der Waals surface area contributed by atoms with Gasteiger partial charge < -0.3 is 5.32 Å². The summed E-state index contributed by atoms with van der Waals surface area (Å²) >= 11 is 12.8. The molecule has 132 valence electrons. The van der Waals surface area contributed by atoms with Gasteiger partial charge in [0.2, 0.25) is 5.91 Å². The van der Waals surface area contributed by atoms with E-state index >= 15 is 0 Å². The molecule has 0 spiro atoms. The molecule has 1 unspecified atom stereocenters. The molecule has 26 heavy (non-hydrogen) atoms. The summed E-state index contributed by atoms with van der Waals surface area (Å²) in [5, 5.41) is 13.6. The van der Waals surface area contributed by atoms with Crippen molar-refractivity contribution < 1.29 is 4.79 Å². The fraction of sp³-hybridized carbons (Fsp3) is 0.250. The Morgan fingerprint density at radius 3 is 3.00 bits per heavy atom. The minimum atomic E-state index is -0.295. The first kappa shape index (κ1) is 18.8. The van der Waals surface area contributed by atoms with Gasteiger partial charge in [-0.2, -0.15) is 5.26 Å². The smallest absolute Gasteiger partial charge is 0.249 e. The van der Waals surface area contributed by atoms with Crippen molar-refractivity contribution in [1.29, 1.82) is 5.26 Å². The monoisotopic (exact) mass is 400 g/mol. The Morgan fingerprint density at radius 2 is 2.27 bits per heavy atom. The predicted molar refractivity (Wildman–Crippen MR) is 110 cm³/mol. The topological polar surface area (TPSA) is 52.9 Å². The maximum Gasteiger partial charge on any atom is 0.249 e. The number of anilines is 1. The van der Waals surface area contributed by atoms with Crippen LogP contribution in [0, 0.1) is 21.1 Å². The van der Waals surface area contributed by atoms with Crippen molar-refractivity contribution in [2.24, 2.45) is 5.92 Å². The SMILES string of the molecule is CC1CCc2c(C#N)c(NC(=O)/C=C/c3cccc(Cl)c3)sc(=S)c2C1. The normalized spacial score (nSPS) is 16.1. The molecule has 1 aliphatic carbocycles. The number of carbonyl (C=O) groups is 1. The fourth-order valence-corrected chi connectivity index (χ4v) is 4.68. The number of hydrogen-bond donors (Lipinski definition) is 1. The predicted octanol–water partition coefficient (Wildman–Crippen LogP) is 5.78. The van der Waals surface area contributed by atoms with E-state index in [9.17, 15) is 10.1 Å². The van der Waals surface area contributed by atoms with Gasteiger partial charge >= 0.3 is 0 Å². The highest BCUT2D eigenvalue weighted by Crippen LogP contribution is 2.35. The van der Waals surface area contributed by atoms with E-state index in [1.165, 1.54) is 17.4 Å². The van der Waals surface area contributed by atoms with Gasteiger partial charge in [0, 0.05) is 11.1 Å². The number of halogens is 1. The molecule has 1 aromatic carbocycles. The number of hydrogen-bond acceptors (Lipinski definition) is 4. The van der Waals surface area contributed by atoms with Gasteiger partial charge in [0.1, 0.15) is 11.1 Å². The van der Waals surface area contributed by atoms with Crippen LogP contribution in [0.25, 0.3) is 6.08 Å². The van der Waals surface area contributed by atoms with Crippen molar-refractivity contribution in [2.45, 2.75) is 26.2 Å². The molecular formula is C20H17ClN2OS2. The van der Waals surface area contributed by atoms with Crippen molar-refractivity contribution >= 4 is 52.1 Å². The van der Waals surface area contributed by atoms with Gasteiger partial charge in [-0.25, -0.2) is 0 Å². The zero-order valence-corrected chi connectivity index (χ0v) is 16.6. The van der Waals surface area contributed by atoms with Crippen LogP contribution in [0.3, 0.4) is 0 Å². The zero-order chi connectivity index (χ0) is 18.7. The number of amides is 1. The van der Waals surface area contributed by atoms with Crippen molar-refractivity contribution in [3.8, 4) is 6.07 Å². The van der Waals surface area contributed by atoms with E-state index in [0.29, 0.717) is 21.5 Å². The number of rotatable bonds is 3. The van der Waals surface area contributed by atoms with Crippen LogP contribution in [0.1, 0.15) is 35.6 Å². The Kier molecular flexibility index (Phi) is 5.87. The third-order valence-electron chi connectivity index (χ3n) is 4.40. The summed E-state index contributed by atoms with van der Waals surface area (Å²) in [5.41, 5.74) is 3.49. The van der Waals surface area contributed by atoms with Crippen molar-refractivity contribution in [3.05, 3.63) is 61.4 Å². The van der Waals surface area contributed by atoms with Crippen LogP contribution in [0.2, 0.25) is 5.02 Å². The average Bonchev–Trinajstić information content (AvgIpc) is 2.61. The Bertz CT molecular complexity index is 988. The van der Waals surface area contributed by atoms with Crippen molar-refractivity contribution in [3.63, 3.8) is 0 Å². The molecule has 0 saturated carbocycles. The van der Waals surface area contributed by atoms with E-state index in [4.69, 9.17) is 23.8 Å². The second-order valence-corrected chi connectivity index (χ2v) is 8.51. The van der Waals surface area contributed by atoms with Crippen LogP contribution >= 0.6 is 35.2 Å². The van der Waals surface area contributed by atoms with E-state index < -0.39 is 0 Å². The van der Waals surface area contributed by atoms with E-state index in [-0.39, 0.29) is 5.91 Å². The molecule has 1 atom stereocenters. The van der Waals surface area contributed by atoms with Gasteiger partial charge in [0.25, 0.3) is 0 Å². The number of nitriles is 1. The second kappa shape index (κ2) is 8.13. The average molecular weight is 401 g/mol. The highest BCUT2D eigenvalue weighted by molar-refractivity contribution is 7.73. The van der Waals surface area contributed by atoms with E-state index in [1.54, 1.807) is 18.2 Å². The minimum absolute atomic E-state index is 0.295. The number of nitrogens with zero attached hydrogens (tertiary/aromatic N) is 1. The Balaban J connectivity index is 1.86. The lowest BCUT2D eigenvalue weighted by molar-refractivity contribution is -0.111. The molecule has 3 nitrogen and oxygen atoms in total. The van der Waals surface area contributed by atoms with Crippen LogP contribution in [0.5, 0.6) is 0 Å². The highest BCUT2D eigenvalue weighted by Gasteiger charge is 2.23. The molecule has 1 aromatic heterocycles. The molecule has 1 heterocycles. The summed E-state index contributed by atoms with van der Waals surface area (Å²) in [5.74, 6) is 0.278. The van der Waals surface area contributed by atoms with Crippen LogP contribution in [-0.2, 0) is 17.6 Å². The van der Waals surface area contributed by atoms with Gasteiger partial charge in [0.05, 0.1) is 9.39 Å². The van der Waals surface area contributed by atoms with Crippen molar-refractivity contribution in [2.75, 3.05) is 5.32 Å². The molecule has 0 saturated heterocycles. The van der Waals surface area contributed by atoms with Crippen LogP contribution in [0.15, 0.2) is 30.3 Å². The Labute approximate surface area is 166 Å². The third kappa shape index (κ3) is 4.21. The third-order valence-corrected chi connectivity index (χ3v) is 6.07. The van der Waals surface area contributed by atoms with Crippen LogP contribution < -0.4 is 5.32 Å². The summed E-state index contributed by atoms with van der Waals surface area (Å²) in [6, 6.07) is 9.50. The molecule has 1 N–H and O–H groups in total. The highest BCUT2D eigenvalue weighted by atomic mass is 35.5. The molecule has 6 heteroatoms. The number of benzene rings is 1. The number of nitrogens with one attached hydrogen (secondary N) is 1. The number of carbonyl (C=O) groups excluding carboxylic acids is 1. The first-order chi connectivity index (χ1) is 12.5. The Morgan fingerprint density at radius 1 is 1.46 bits per heavy atom. The lowest BCUT2D eigenvalue weighted by Gasteiger charge is -2.23. The molecule has 1 aliphatic rings. The van der Waals surface area contributed by atoms with Gasteiger partial charge in [0.15, 0.2) is 0 Å². The fourth-order valence-electron chi connectivity index (χ4n) is 3.08. The van der Waals surface area contributed by atoms with Gasteiger partial charge in [-0.3, -0.25) is 4.79 Å².